The zero-order valence-electron chi connectivity index (χ0n) is 9.72. The summed E-state index contributed by atoms with van der Waals surface area (Å²) in [5, 5.41) is 12.3. The first-order chi connectivity index (χ1) is 8.27. The van der Waals surface area contributed by atoms with Crippen LogP contribution in [0.5, 0.6) is 0 Å². The molecule has 0 aromatic carbocycles. The normalized spacial score (nSPS) is 12.2. The third kappa shape index (κ3) is 2.05. The van der Waals surface area contributed by atoms with Gasteiger partial charge in [-0.1, -0.05) is 12.1 Å². The molecule has 0 aliphatic rings. The molecule has 2 aromatic rings. The highest BCUT2D eigenvalue weighted by Crippen LogP contribution is 2.18. The second-order valence-corrected chi connectivity index (χ2v) is 3.77. The fraction of sp³-hybridized carbons (Fsp3) is 0.231. The standard InChI is InChI=1S/C13H14N4/c1-3-7-15-11(9-14)13-10(2)16-12-6-4-5-8-17(12)13/h3-6,8,11,15H,1,7H2,2H3. The largest absolute Gasteiger partial charge is 0.301 e. The minimum Gasteiger partial charge on any atom is -0.301 e. The molecule has 0 saturated carbocycles. The van der Waals surface area contributed by atoms with Gasteiger partial charge in [0, 0.05) is 12.7 Å². The van der Waals surface area contributed by atoms with Crippen molar-refractivity contribution in [3.63, 3.8) is 0 Å². The Bertz CT molecular complexity index is 577. The molecule has 0 aliphatic heterocycles. The summed E-state index contributed by atoms with van der Waals surface area (Å²) in [6.07, 6.45) is 3.66. The first-order valence-electron chi connectivity index (χ1n) is 5.45. The van der Waals surface area contributed by atoms with Crippen LogP contribution in [0.4, 0.5) is 0 Å². The highest BCUT2D eigenvalue weighted by atomic mass is 15.1. The zero-order chi connectivity index (χ0) is 12.3. The zero-order valence-corrected chi connectivity index (χ0v) is 9.72. The molecule has 1 N–H and O–H groups in total. The second-order valence-electron chi connectivity index (χ2n) is 3.77. The second kappa shape index (κ2) is 4.81. The number of hydrogen-bond donors (Lipinski definition) is 1. The van der Waals surface area contributed by atoms with Crippen LogP contribution in [0.25, 0.3) is 5.65 Å². The average Bonchev–Trinajstić information content (AvgIpc) is 2.67. The van der Waals surface area contributed by atoms with Crippen molar-refractivity contribution in [3.05, 3.63) is 48.4 Å². The van der Waals surface area contributed by atoms with Gasteiger partial charge in [0.2, 0.25) is 0 Å². The summed E-state index contributed by atoms with van der Waals surface area (Å²) >= 11 is 0. The molecule has 0 fully saturated rings. The molecule has 0 amide bonds. The lowest BCUT2D eigenvalue weighted by Crippen LogP contribution is -2.21. The predicted octanol–water partition coefficient (Wildman–Crippen LogP) is 1.98. The van der Waals surface area contributed by atoms with Gasteiger partial charge in [0.15, 0.2) is 0 Å². The molecule has 2 aromatic heterocycles. The maximum absolute atomic E-state index is 9.22. The molecular formula is C13H14N4. The van der Waals surface area contributed by atoms with Gasteiger partial charge in [-0.15, -0.1) is 6.58 Å². The number of pyridine rings is 1. The number of aromatic nitrogens is 2. The van der Waals surface area contributed by atoms with Gasteiger partial charge in [-0.05, 0) is 19.1 Å². The molecule has 0 spiro atoms. The fourth-order valence-corrected chi connectivity index (χ4v) is 1.88. The Hall–Kier alpha value is -2.12. The number of aryl methyl sites for hydroxylation is 1. The Balaban J connectivity index is 2.49. The number of nitriles is 1. The molecule has 4 heteroatoms. The van der Waals surface area contributed by atoms with Crippen molar-refractivity contribution < 1.29 is 0 Å². The number of rotatable bonds is 4. The number of nitrogens with one attached hydrogen (secondary N) is 1. The SMILES string of the molecule is C=CCNC(C#N)c1c(C)nc2ccccn12. The minimum absolute atomic E-state index is 0.370. The van der Waals surface area contributed by atoms with Crippen LogP contribution >= 0.6 is 0 Å². The van der Waals surface area contributed by atoms with Gasteiger partial charge < -0.3 is 4.40 Å². The van der Waals surface area contributed by atoms with E-state index in [4.69, 9.17) is 0 Å². The highest BCUT2D eigenvalue weighted by molar-refractivity contribution is 5.44. The molecule has 0 saturated heterocycles. The lowest BCUT2D eigenvalue weighted by Gasteiger charge is -2.10. The molecule has 1 unspecified atom stereocenters. The first kappa shape index (κ1) is 11.4. The molecule has 0 aliphatic carbocycles. The first-order valence-corrected chi connectivity index (χ1v) is 5.45. The van der Waals surface area contributed by atoms with Gasteiger partial charge in [0.05, 0.1) is 17.5 Å². The molecule has 2 heterocycles. The number of nitrogens with zero attached hydrogens (tertiary/aromatic N) is 3. The van der Waals surface area contributed by atoms with Gasteiger partial charge >= 0.3 is 0 Å². The fourth-order valence-electron chi connectivity index (χ4n) is 1.88. The smallest absolute Gasteiger partial charge is 0.138 e. The summed E-state index contributed by atoms with van der Waals surface area (Å²) < 4.78 is 1.94. The van der Waals surface area contributed by atoms with Crippen molar-refractivity contribution in [2.24, 2.45) is 0 Å². The van der Waals surface area contributed by atoms with E-state index in [2.05, 4.69) is 22.9 Å². The Labute approximate surface area is 100 Å². The predicted molar refractivity (Wildman–Crippen MR) is 66.5 cm³/mol. The molecule has 1 atom stereocenters. The van der Waals surface area contributed by atoms with Crippen LogP contribution in [0.15, 0.2) is 37.1 Å². The molecule has 0 radical (unpaired) electrons. The van der Waals surface area contributed by atoms with Crippen molar-refractivity contribution in [1.29, 1.82) is 5.26 Å². The summed E-state index contributed by atoms with van der Waals surface area (Å²) in [4.78, 5) is 4.44. The van der Waals surface area contributed by atoms with Gasteiger partial charge in [-0.3, -0.25) is 5.32 Å². The van der Waals surface area contributed by atoms with E-state index < -0.39 is 0 Å². The Morgan fingerprint density at radius 1 is 1.65 bits per heavy atom. The number of imidazole rings is 1. The lowest BCUT2D eigenvalue weighted by molar-refractivity contribution is 0.656. The average molecular weight is 226 g/mol. The van der Waals surface area contributed by atoms with E-state index in [-0.39, 0.29) is 6.04 Å². The van der Waals surface area contributed by atoms with E-state index in [1.54, 1.807) is 6.08 Å². The van der Waals surface area contributed by atoms with Gasteiger partial charge in [-0.2, -0.15) is 5.26 Å². The lowest BCUT2D eigenvalue weighted by atomic mass is 10.2. The van der Waals surface area contributed by atoms with Crippen molar-refractivity contribution in [2.45, 2.75) is 13.0 Å². The van der Waals surface area contributed by atoms with Crippen LogP contribution < -0.4 is 5.32 Å². The van der Waals surface area contributed by atoms with Gasteiger partial charge in [0.25, 0.3) is 0 Å². The Kier molecular flexibility index (Phi) is 3.22. The monoisotopic (exact) mass is 226 g/mol. The van der Waals surface area contributed by atoms with Crippen LogP contribution in [0, 0.1) is 18.3 Å². The molecule has 86 valence electrons. The molecule has 0 bridgehead atoms. The Morgan fingerprint density at radius 3 is 3.18 bits per heavy atom. The maximum Gasteiger partial charge on any atom is 0.138 e. The van der Waals surface area contributed by atoms with Crippen LogP contribution in [0.3, 0.4) is 0 Å². The van der Waals surface area contributed by atoms with Crippen LogP contribution in [-0.2, 0) is 0 Å². The van der Waals surface area contributed by atoms with Crippen LogP contribution in [0.1, 0.15) is 17.4 Å². The quantitative estimate of drug-likeness (QED) is 0.811. The van der Waals surface area contributed by atoms with Crippen molar-refractivity contribution in [3.8, 4) is 6.07 Å². The van der Waals surface area contributed by atoms with E-state index >= 15 is 0 Å². The third-order valence-electron chi connectivity index (χ3n) is 2.62. The molecular weight excluding hydrogens is 212 g/mol. The van der Waals surface area contributed by atoms with E-state index in [1.807, 2.05) is 35.7 Å². The summed E-state index contributed by atoms with van der Waals surface area (Å²) in [6, 6.07) is 7.68. The summed E-state index contributed by atoms with van der Waals surface area (Å²) in [5.74, 6) is 0. The summed E-state index contributed by atoms with van der Waals surface area (Å²) in [5.41, 5.74) is 2.63. The van der Waals surface area contributed by atoms with Gasteiger partial charge in [0.1, 0.15) is 11.7 Å². The van der Waals surface area contributed by atoms with E-state index in [9.17, 15) is 5.26 Å². The number of fused-ring (bicyclic) bond motifs is 1. The summed E-state index contributed by atoms with van der Waals surface area (Å²) in [7, 11) is 0. The van der Waals surface area contributed by atoms with Crippen LogP contribution in [0.2, 0.25) is 0 Å². The molecule has 4 nitrogen and oxygen atoms in total. The van der Waals surface area contributed by atoms with E-state index in [0.717, 1.165) is 17.0 Å². The van der Waals surface area contributed by atoms with Crippen LogP contribution in [-0.4, -0.2) is 15.9 Å². The van der Waals surface area contributed by atoms with E-state index in [0.29, 0.717) is 6.54 Å². The maximum atomic E-state index is 9.22. The van der Waals surface area contributed by atoms with Crippen molar-refractivity contribution in [1.82, 2.24) is 14.7 Å². The number of hydrogen-bond acceptors (Lipinski definition) is 3. The van der Waals surface area contributed by atoms with Gasteiger partial charge in [-0.25, -0.2) is 4.98 Å². The molecule has 2 rings (SSSR count). The van der Waals surface area contributed by atoms with Crippen molar-refractivity contribution >= 4 is 5.65 Å². The minimum atomic E-state index is -0.370. The van der Waals surface area contributed by atoms with E-state index in [1.165, 1.54) is 0 Å². The highest BCUT2D eigenvalue weighted by Gasteiger charge is 2.17. The summed E-state index contributed by atoms with van der Waals surface area (Å²) in [6.45, 7) is 6.15. The molecule has 17 heavy (non-hydrogen) atoms. The van der Waals surface area contributed by atoms with Crippen molar-refractivity contribution in [2.75, 3.05) is 6.54 Å². The third-order valence-corrected chi connectivity index (χ3v) is 2.62. The topological polar surface area (TPSA) is 53.1 Å². The Morgan fingerprint density at radius 2 is 2.47 bits per heavy atom.